The second-order valence-electron chi connectivity index (χ2n) is 3.96. The summed E-state index contributed by atoms with van der Waals surface area (Å²) in [5.74, 6) is 4.86. The highest BCUT2D eigenvalue weighted by molar-refractivity contribution is 7.12. The average molecular weight is 327 g/mol. The van der Waals surface area contributed by atoms with Gasteiger partial charge in [0.2, 0.25) is 0 Å². The minimum absolute atomic E-state index is 0.0134. The fourth-order valence-corrected chi connectivity index (χ4v) is 2.05. The summed E-state index contributed by atoms with van der Waals surface area (Å²) in [7, 11) is 0. The van der Waals surface area contributed by atoms with Gasteiger partial charge in [0.05, 0.1) is 22.9 Å². The number of hydrogen-bond acceptors (Lipinski definition) is 5. The van der Waals surface area contributed by atoms with Gasteiger partial charge < -0.3 is 5.43 Å². The number of thiophene rings is 1. The predicted octanol–water partition coefficient (Wildman–Crippen LogP) is 3.84. The van der Waals surface area contributed by atoms with Crippen LogP contribution < -0.4 is 11.3 Å². The highest BCUT2D eigenvalue weighted by Crippen LogP contribution is 2.30. The van der Waals surface area contributed by atoms with Gasteiger partial charge in [0, 0.05) is 5.69 Å². The fourth-order valence-electron chi connectivity index (χ4n) is 1.38. The van der Waals surface area contributed by atoms with Crippen molar-refractivity contribution in [3.63, 3.8) is 0 Å². The molecule has 0 amide bonds. The summed E-state index contributed by atoms with van der Waals surface area (Å²) in [5.41, 5.74) is 1.67. The molecule has 4 nitrogen and oxygen atoms in total. The van der Waals surface area contributed by atoms with Crippen LogP contribution in [0.5, 0.6) is 0 Å². The maximum atomic E-state index is 12.0. The Morgan fingerprint density at radius 2 is 2.05 bits per heavy atom. The molecule has 0 bridgehead atoms. The van der Waals surface area contributed by atoms with E-state index in [1.165, 1.54) is 23.5 Å². The van der Waals surface area contributed by atoms with Crippen molar-refractivity contribution >= 4 is 22.8 Å². The minimum atomic E-state index is -4.31. The highest BCUT2D eigenvalue weighted by Gasteiger charge is 2.30. The number of carbonyl (C=O) groups excluding carboxylic acids is 1. The summed E-state index contributed by atoms with van der Waals surface area (Å²) in [6, 6.07) is 10.0. The Bertz CT molecular complexity index is 648. The number of hydrazine groups is 1. The van der Waals surface area contributed by atoms with Crippen LogP contribution in [0.15, 0.2) is 41.8 Å². The third-order valence-corrected chi connectivity index (χ3v) is 3.30. The van der Waals surface area contributed by atoms with Crippen LogP contribution in [0.1, 0.15) is 21.7 Å². The van der Waals surface area contributed by atoms with Crippen molar-refractivity contribution in [2.45, 2.75) is 12.6 Å². The minimum Gasteiger partial charge on any atom is -0.324 e. The number of benzene rings is 1. The zero-order valence-corrected chi connectivity index (χ0v) is 12.0. The summed E-state index contributed by atoms with van der Waals surface area (Å²) in [4.78, 5) is 11.6. The Morgan fingerprint density at radius 1 is 1.32 bits per heavy atom. The molecule has 0 unspecified atom stereocenters. The molecule has 1 aromatic carbocycles. The first-order chi connectivity index (χ1) is 10.4. The van der Waals surface area contributed by atoms with Crippen molar-refractivity contribution in [1.29, 1.82) is 5.26 Å². The quantitative estimate of drug-likeness (QED) is 0.510. The van der Waals surface area contributed by atoms with Gasteiger partial charge in [0.25, 0.3) is 0 Å². The number of nitriles is 1. The Morgan fingerprint density at radius 3 is 2.55 bits per heavy atom. The molecular weight excluding hydrogens is 315 g/mol. The summed E-state index contributed by atoms with van der Waals surface area (Å²) in [5, 5.41) is 9.99. The Kier molecular flexibility index (Phi) is 6.56. The molecule has 2 rings (SSSR count). The van der Waals surface area contributed by atoms with E-state index in [1.54, 1.807) is 12.1 Å². The lowest BCUT2D eigenvalue weighted by atomic mass is 10.2. The first-order valence-corrected chi connectivity index (χ1v) is 6.84. The van der Waals surface area contributed by atoms with E-state index in [1.807, 2.05) is 11.4 Å². The van der Waals surface area contributed by atoms with Crippen molar-refractivity contribution in [2.24, 2.45) is 5.84 Å². The molecule has 116 valence electrons. The van der Waals surface area contributed by atoms with E-state index in [-0.39, 0.29) is 17.9 Å². The lowest BCUT2D eigenvalue weighted by Gasteiger charge is -2.07. The van der Waals surface area contributed by atoms with Crippen LogP contribution in [0.25, 0.3) is 0 Å². The van der Waals surface area contributed by atoms with E-state index in [4.69, 9.17) is 11.1 Å². The maximum absolute atomic E-state index is 12.0. The van der Waals surface area contributed by atoms with Crippen LogP contribution in [-0.4, -0.2) is 5.78 Å². The van der Waals surface area contributed by atoms with E-state index in [2.05, 4.69) is 5.43 Å². The van der Waals surface area contributed by atoms with Crippen LogP contribution in [0.4, 0.5) is 18.9 Å². The SMILES string of the molecule is N#CCC(=O)c1cccs1.NNc1cccc(C(F)(F)F)c1. The molecule has 0 fully saturated rings. The van der Waals surface area contributed by atoms with Gasteiger partial charge in [-0.05, 0) is 29.6 Å². The molecule has 0 spiro atoms. The first-order valence-electron chi connectivity index (χ1n) is 5.96. The number of nitrogen functional groups attached to an aromatic ring is 1. The number of carbonyl (C=O) groups is 1. The largest absolute Gasteiger partial charge is 0.416 e. The molecule has 8 heteroatoms. The van der Waals surface area contributed by atoms with Gasteiger partial charge in [-0.1, -0.05) is 12.1 Å². The van der Waals surface area contributed by atoms with Gasteiger partial charge in [-0.3, -0.25) is 10.6 Å². The standard InChI is InChI=1S/C7H7F3N2.C7H5NOS/c8-7(9,10)5-2-1-3-6(4-5)12-11;8-4-3-6(9)7-2-1-5-10-7/h1-4,12H,11H2;1-2,5H,3H2. The van der Waals surface area contributed by atoms with Crippen molar-refractivity contribution < 1.29 is 18.0 Å². The van der Waals surface area contributed by atoms with Gasteiger partial charge in [0.1, 0.15) is 0 Å². The second-order valence-corrected chi connectivity index (χ2v) is 4.91. The van der Waals surface area contributed by atoms with Crippen molar-refractivity contribution in [1.82, 2.24) is 0 Å². The van der Waals surface area contributed by atoms with Gasteiger partial charge in [-0.25, -0.2) is 0 Å². The Balaban J connectivity index is 0.000000224. The monoisotopic (exact) mass is 327 g/mol. The van der Waals surface area contributed by atoms with Gasteiger partial charge in [0.15, 0.2) is 5.78 Å². The molecule has 0 aliphatic carbocycles. The summed E-state index contributed by atoms with van der Waals surface area (Å²) >= 11 is 1.37. The fraction of sp³-hybridized carbons (Fsp3) is 0.143. The van der Waals surface area contributed by atoms with E-state index in [0.717, 1.165) is 12.1 Å². The number of nitrogens with zero attached hydrogens (tertiary/aromatic N) is 1. The van der Waals surface area contributed by atoms with E-state index in [9.17, 15) is 18.0 Å². The molecule has 1 heterocycles. The molecular formula is C14H12F3N3OS. The molecule has 0 aliphatic rings. The number of Topliss-reactive ketones (excluding diaryl/α,β-unsaturated/α-hetero) is 1. The molecule has 0 aliphatic heterocycles. The number of nitrogens with one attached hydrogen (secondary N) is 1. The molecule has 0 saturated carbocycles. The van der Waals surface area contributed by atoms with E-state index >= 15 is 0 Å². The smallest absolute Gasteiger partial charge is 0.324 e. The van der Waals surface area contributed by atoms with Crippen molar-refractivity contribution in [3.05, 3.63) is 52.2 Å². The van der Waals surface area contributed by atoms with Crippen LogP contribution in [0.3, 0.4) is 0 Å². The van der Waals surface area contributed by atoms with Crippen LogP contribution >= 0.6 is 11.3 Å². The number of ketones is 1. The number of halogens is 3. The normalized spacial score (nSPS) is 10.1. The van der Waals surface area contributed by atoms with Crippen molar-refractivity contribution in [2.75, 3.05) is 5.43 Å². The van der Waals surface area contributed by atoms with Crippen LogP contribution in [0, 0.1) is 11.3 Å². The number of hydrogen-bond donors (Lipinski definition) is 2. The van der Waals surface area contributed by atoms with Crippen molar-refractivity contribution in [3.8, 4) is 6.07 Å². The summed E-state index contributed by atoms with van der Waals surface area (Å²) in [6.45, 7) is 0. The topological polar surface area (TPSA) is 78.9 Å². The van der Waals surface area contributed by atoms with E-state index < -0.39 is 11.7 Å². The molecule has 0 radical (unpaired) electrons. The molecule has 0 saturated heterocycles. The molecule has 22 heavy (non-hydrogen) atoms. The van der Waals surface area contributed by atoms with Gasteiger partial charge in [-0.2, -0.15) is 18.4 Å². The zero-order chi connectivity index (χ0) is 16.6. The van der Waals surface area contributed by atoms with Crippen LogP contribution in [0.2, 0.25) is 0 Å². The Hall–Kier alpha value is -2.37. The first kappa shape index (κ1) is 17.7. The molecule has 0 atom stereocenters. The lowest BCUT2D eigenvalue weighted by Crippen LogP contribution is -2.09. The number of alkyl halides is 3. The van der Waals surface area contributed by atoms with Crippen LogP contribution in [-0.2, 0) is 6.18 Å². The average Bonchev–Trinajstić information content (AvgIpc) is 3.02. The molecule has 3 N–H and O–H groups in total. The Labute approximate surface area is 129 Å². The third kappa shape index (κ3) is 5.55. The number of anilines is 1. The molecule has 2 aromatic rings. The number of nitrogens with two attached hydrogens (primary N) is 1. The summed E-state index contributed by atoms with van der Waals surface area (Å²) < 4.78 is 36.1. The van der Waals surface area contributed by atoms with Gasteiger partial charge >= 0.3 is 6.18 Å². The highest BCUT2D eigenvalue weighted by atomic mass is 32.1. The lowest BCUT2D eigenvalue weighted by molar-refractivity contribution is -0.137. The molecule has 1 aromatic heterocycles. The second kappa shape index (κ2) is 8.17. The predicted molar refractivity (Wildman–Crippen MR) is 78.1 cm³/mol. The summed E-state index contributed by atoms with van der Waals surface area (Å²) in [6.07, 6.45) is -4.33. The van der Waals surface area contributed by atoms with E-state index in [0.29, 0.717) is 4.88 Å². The van der Waals surface area contributed by atoms with Gasteiger partial charge in [-0.15, -0.1) is 11.3 Å². The number of rotatable bonds is 3. The third-order valence-electron chi connectivity index (χ3n) is 2.39. The maximum Gasteiger partial charge on any atom is 0.416 e. The zero-order valence-electron chi connectivity index (χ0n) is 11.2.